The Morgan fingerprint density at radius 3 is 3.00 bits per heavy atom. The fourth-order valence-corrected chi connectivity index (χ4v) is 2.98. The van der Waals surface area contributed by atoms with E-state index in [9.17, 15) is 4.79 Å². The third-order valence-electron chi connectivity index (χ3n) is 4.08. The molecule has 1 saturated heterocycles. The van der Waals surface area contributed by atoms with E-state index in [0.29, 0.717) is 26.2 Å². The van der Waals surface area contributed by atoms with E-state index in [2.05, 4.69) is 0 Å². The maximum absolute atomic E-state index is 11.9. The second-order valence-electron chi connectivity index (χ2n) is 5.62. The molecule has 0 amide bonds. The third kappa shape index (κ3) is 3.63. The number of hydrogen-bond acceptors (Lipinski definition) is 4. The van der Waals surface area contributed by atoms with E-state index < -0.39 is 0 Å². The van der Waals surface area contributed by atoms with Crippen LogP contribution >= 0.6 is 0 Å². The summed E-state index contributed by atoms with van der Waals surface area (Å²) in [6.45, 7) is 2.57. The number of fused-ring (bicyclic) bond motifs is 1. The lowest BCUT2D eigenvalue weighted by Crippen LogP contribution is -2.18. The molecule has 0 unspecified atom stereocenters. The van der Waals surface area contributed by atoms with Crippen LogP contribution in [0.5, 0.6) is 5.75 Å². The summed E-state index contributed by atoms with van der Waals surface area (Å²) in [6, 6.07) is 5.74. The van der Waals surface area contributed by atoms with E-state index in [1.165, 1.54) is 0 Å². The Labute approximate surface area is 125 Å². The van der Waals surface area contributed by atoms with Crippen LogP contribution in [0.2, 0.25) is 0 Å². The average molecular weight is 290 g/mol. The van der Waals surface area contributed by atoms with E-state index in [1.54, 1.807) is 0 Å². The molecule has 114 valence electrons. The fraction of sp³-hybridized carbons (Fsp3) is 0.588. The third-order valence-corrected chi connectivity index (χ3v) is 4.08. The molecule has 21 heavy (non-hydrogen) atoms. The lowest BCUT2D eigenvalue weighted by atomic mass is 9.90. The minimum Gasteiger partial charge on any atom is -0.491 e. The largest absolute Gasteiger partial charge is 0.491 e. The highest BCUT2D eigenvalue weighted by Crippen LogP contribution is 2.29. The van der Waals surface area contributed by atoms with Gasteiger partial charge in [-0.2, -0.15) is 0 Å². The zero-order valence-electron chi connectivity index (χ0n) is 12.3. The predicted octanol–water partition coefficient (Wildman–Crippen LogP) is 2.78. The Morgan fingerprint density at radius 2 is 2.14 bits per heavy atom. The van der Waals surface area contributed by atoms with E-state index in [1.807, 2.05) is 18.2 Å². The summed E-state index contributed by atoms with van der Waals surface area (Å²) in [4.78, 5) is 11.9. The van der Waals surface area contributed by atoms with Crippen LogP contribution in [0.25, 0.3) is 0 Å². The first kappa shape index (κ1) is 14.5. The fourth-order valence-electron chi connectivity index (χ4n) is 2.98. The standard InChI is InChI=1S/C17H22O4/c18-16-7-1-6-15-14(16)5-2-8-17(15)21-11-10-19-12-13-4-3-9-20-13/h2,5,8,13H,1,3-4,6-7,9-12H2/t13-/m0/s1. The number of benzene rings is 1. The summed E-state index contributed by atoms with van der Waals surface area (Å²) in [5, 5.41) is 0. The molecule has 1 aromatic rings. The smallest absolute Gasteiger partial charge is 0.163 e. The first-order chi connectivity index (χ1) is 10.3. The van der Waals surface area contributed by atoms with Crippen LogP contribution in [-0.4, -0.2) is 38.3 Å². The molecule has 0 spiro atoms. The molecule has 1 aliphatic carbocycles. The van der Waals surface area contributed by atoms with Gasteiger partial charge in [0.05, 0.1) is 19.3 Å². The molecular formula is C17H22O4. The lowest BCUT2D eigenvalue weighted by molar-refractivity contribution is 0.00844. The predicted molar refractivity (Wildman–Crippen MR) is 79.0 cm³/mol. The number of ether oxygens (including phenoxy) is 3. The van der Waals surface area contributed by atoms with Crippen molar-refractivity contribution in [3.05, 3.63) is 29.3 Å². The van der Waals surface area contributed by atoms with Gasteiger partial charge in [-0.15, -0.1) is 0 Å². The SMILES string of the molecule is O=C1CCCc2c(OCCOC[C@@H]3CCCO3)cccc21. The Bertz CT molecular complexity index is 492. The van der Waals surface area contributed by atoms with Crippen molar-refractivity contribution in [1.29, 1.82) is 0 Å². The van der Waals surface area contributed by atoms with Crippen molar-refractivity contribution in [2.75, 3.05) is 26.4 Å². The topological polar surface area (TPSA) is 44.8 Å². The second kappa shape index (κ2) is 7.05. The van der Waals surface area contributed by atoms with Crippen LogP contribution in [-0.2, 0) is 15.9 Å². The van der Waals surface area contributed by atoms with Crippen molar-refractivity contribution < 1.29 is 19.0 Å². The van der Waals surface area contributed by atoms with Gasteiger partial charge in [-0.3, -0.25) is 4.79 Å². The highest BCUT2D eigenvalue weighted by Gasteiger charge is 2.20. The van der Waals surface area contributed by atoms with Gasteiger partial charge in [0.2, 0.25) is 0 Å². The van der Waals surface area contributed by atoms with Gasteiger partial charge in [0, 0.05) is 24.2 Å². The molecule has 0 bridgehead atoms. The zero-order valence-corrected chi connectivity index (χ0v) is 12.3. The number of rotatable bonds is 6. The van der Waals surface area contributed by atoms with Gasteiger partial charge in [-0.25, -0.2) is 0 Å². The van der Waals surface area contributed by atoms with Crippen LogP contribution in [0.15, 0.2) is 18.2 Å². The molecule has 1 heterocycles. The second-order valence-corrected chi connectivity index (χ2v) is 5.62. The van der Waals surface area contributed by atoms with Gasteiger partial charge >= 0.3 is 0 Å². The van der Waals surface area contributed by atoms with Crippen molar-refractivity contribution in [2.45, 2.75) is 38.2 Å². The van der Waals surface area contributed by atoms with Gasteiger partial charge in [0.15, 0.2) is 5.78 Å². The molecule has 0 saturated carbocycles. The molecule has 1 fully saturated rings. The number of ketones is 1. The van der Waals surface area contributed by atoms with E-state index >= 15 is 0 Å². The van der Waals surface area contributed by atoms with Crippen LogP contribution in [0, 0.1) is 0 Å². The van der Waals surface area contributed by atoms with Crippen molar-refractivity contribution in [2.24, 2.45) is 0 Å². The highest BCUT2D eigenvalue weighted by atomic mass is 16.5. The Hall–Kier alpha value is -1.39. The maximum Gasteiger partial charge on any atom is 0.163 e. The van der Waals surface area contributed by atoms with Gasteiger partial charge < -0.3 is 14.2 Å². The van der Waals surface area contributed by atoms with Crippen molar-refractivity contribution in [3.8, 4) is 5.75 Å². The molecule has 0 aromatic heterocycles. The molecule has 1 aromatic carbocycles. The summed E-state index contributed by atoms with van der Waals surface area (Å²) in [7, 11) is 0. The molecule has 2 aliphatic rings. The van der Waals surface area contributed by atoms with Gasteiger partial charge in [-0.05, 0) is 31.7 Å². The minimum atomic E-state index is 0.233. The summed E-state index contributed by atoms with van der Waals surface area (Å²) >= 11 is 0. The molecule has 1 aliphatic heterocycles. The molecule has 3 rings (SSSR count). The number of Topliss-reactive ketones (excluding diaryl/α,β-unsaturated/α-hetero) is 1. The summed E-state index contributed by atoms with van der Waals surface area (Å²) in [5.41, 5.74) is 1.90. The molecule has 1 atom stereocenters. The average Bonchev–Trinajstić information content (AvgIpc) is 3.01. The highest BCUT2D eigenvalue weighted by molar-refractivity contribution is 5.99. The van der Waals surface area contributed by atoms with Crippen LogP contribution in [0.3, 0.4) is 0 Å². The monoisotopic (exact) mass is 290 g/mol. The Morgan fingerprint density at radius 1 is 1.19 bits per heavy atom. The van der Waals surface area contributed by atoms with Crippen LogP contribution < -0.4 is 4.74 Å². The molecule has 0 radical (unpaired) electrons. The summed E-state index contributed by atoms with van der Waals surface area (Å²) in [5.74, 6) is 1.07. The molecule has 0 N–H and O–H groups in total. The minimum absolute atomic E-state index is 0.233. The van der Waals surface area contributed by atoms with Crippen molar-refractivity contribution in [3.63, 3.8) is 0 Å². The van der Waals surface area contributed by atoms with Crippen LogP contribution in [0.4, 0.5) is 0 Å². The lowest BCUT2D eigenvalue weighted by Gasteiger charge is -2.18. The van der Waals surface area contributed by atoms with Crippen molar-refractivity contribution >= 4 is 5.78 Å². The molecule has 4 nitrogen and oxygen atoms in total. The molecule has 4 heteroatoms. The van der Waals surface area contributed by atoms with Crippen LogP contribution in [0.1, 0.15) is 41.6 Å². The van der Waals surface area contributed by atoms with Gasteiger partial charge in [0.25, 0.3) is 0 Å². The Balaban J connectivity index is 1.47. The van der Waals surface area contributed by atoms with E-state index in [-0.39, 0.29) is 11.9 Å². The quantitative estimate of drug-likeness (QED) is 0.756. The maximum atomic E-state index is 11.9. The number of carbonyl (C=O) groups is 1. The van der Waals surface area contributed by atoms with Gasteiger partial charge in [0.1, 0.15) is 12.4 Å². The van der Waals surface area contributed by atoms with Crippen molar-refractivity contribution in [1.82, 2.24) is 0 Å². The summed E-state index contributed by atoms with van der Waals surface area (Å²) < 4.78 is 16.9. The molecular weight excluding hydrogens is 268 g/mol. The Kier molecular flexibility index (Phi) is 4.88. The van der Waals surface area contributed by atoms with E-state index in [4.69, 9.17) is 14.2 Å². The van der Waals surface area contributed by atoms with E-state index in [0.717, 1.165) is 49.2 Å². The normalized spacial score (nSPS) is 21.3. The number of hydrogen-bond donors (Lipinski definition) is 0. The van der Waals surface area contributed by atoms with Gasteiger partial charge in [-0.1, -0.05) is 12.1 Å². The first-order valence-electron chi connectivity index (χ1n) is 7.82. The zero-order chi connectivity index (χ0) is 14.5. The summed E-state index contributed by atoms with van der Waals surface area (Å²) in [6.07, 6.45) is 4.98. The number of carbonyl (C=O) groups excluding carboxylic acids is 1. The first-order valence-corrected chi connectivity index (χ1v) is 7.82.